The maximum Gasteiger partial charge on any atom is 0.150 e. The van der Waals surface area contributed by atoms with Crippen molar-refractivity contribution in [2.75, 3.05) is 0 Å². The Hall–Kier alpha value is -1.35. The lowest BCUT2D eigenvalue weighted by Crippen LogP contribution is -2.15. The Kier molecular flexibility index (Phi) is 4.50. The lowest BCUT2D eigenvalue weighted by Gasteiger charge is -2.14. The van der Waals surface area contributed by atoms with Gasteiger partial charge in [-0.1, -0.05) is 11.6 Å². The Morgan fingerprint density at radius 3 is 2.75 bits per heavy atom. The second-order valence-corrected chi connectivity index (χ2v) is 4.05. The second kappa shape index (κ2) is 5.66. The molecule has 0 aromatic heterocycles. The molecule has 0 aliphatic heterocycles. The van der Waals surface area contributed by atoms with E-state index in [2.05, 4.69) is 0 Å². The summed E-state index contributed by atoms with van der Waals surface area (Å²) in [5.41, 5.74) is 0.497. The molecule has 86 valence electrons. The van der Waals surface area contributed by atoms with Crippen molar-refractivity contribution in [3.63, 3.8) is 0 Å². The van der Waals surface area contributed by atoms with Gasteiger partial charge in [-0.2, -0.15) is 0 Å². The summed E-state index contributed by atoms with van der Waals surface area (Å²) >= 11 is 5.92. The van der Waals surface area contributed by atoms with Crippen LogP contribution < -0.4 is 4.74 Å². The molecule has 0 N–H and O–H groups in total. The number of ketones is 1. The zero-order valence-electron chi connectivity index (χ0n) is 9.20. The van der Waals surface area contributed by atoms with Gasteiger partial charge in [0.25, 0.3) is 0 Å². The van der Waals surface area contributed by atoms with Crippen LogP contribution in [-0.4, -0.2) is 18.2 Å². The first-order valence-electron chi connectivity index (χ1n) is 4.93. The fourth-order valence-corrected chi connectivity index (χ4v) is 1.58. The number of benzene rings is 1. The SMILES string of the molecule is CC(=O)CC(C)Oc1ccc(C=O)cc1Cl. The van der Waals surface area contributed by atoms with Crippen LogP contribution in [0.2, 0.25) is 5.02 Å². The lowest BCUT2D eigenvalue weighted by atomic mass is 10.2. The Labute approximate surface area is 99.4 Å². The zero-order chi connectivity index (χ0) is 12.1. The van der Waals surface area contributed by atoms with Crippen LogP contribution in [0.1, 0.15) is 30.6 Å². The monoisotopic (exact) mass is 240 g/mol. The summed E-state index contributed by atoms with van der Waals surface area (Å²) in [5.74, 6) is 0.550. The van der Waals surface area contributed by atoms with Crippen LogP contribution in [0.3, 0.4) is 0 Å². The molecule has 1 unspecified atom stereocenters. The molecule has 1 atom stereocenters. The zero-order valence-corrected chi connectivity index (χ0v) is 9.95. The summed E-state index contributed by atoms with van der Waals surface area (Å²) in [6.45, 7) is 3.31. The van der Waals surface area contributed by atoms with Crippen LogP contribution in [0.25, 0.3) is 0 Å². The lowest BCUT2D eigenvalue weighted by molar-refractivity contribution is -0.118. The van der Waals surface area contributed by atoms with E-state index < -0.39 is 0 Å². The minimum absolute atomic E-state index is 0.0631. The summed E-state index contributed by atoms with van der Waals surface area (Å²) in [6.07, 6.45) is 0.831. The molecular formula is C12H13ClO3. The number of rotatable bonds is 5. The van der Waals surface area contributed by atoms with Crippen molar-refractivity contribution in [2.45, 2.75) is 26.4 Å². The largest absolute Gasteiger partial charge is 0.489 e. The van der Waals surface area contributed by atoms with Crippen molar-refractivity contribution in [3.8, 4) is 5.75 Å². The topological polar surface area (TPSA) is 43.4 Å². The maximum absolute atomic E-state index is 10.9. The van der Waals surface area contributed by atoms with Gasteiger partial charge in [0.2, 0.25) is 0 Å². The third-order valence-electron chi connectivity index (χ3n) is 2.00. The van der Waals surface area contributed by atoms with E-state index in [4.69, 9.17) is 16.3 Å². The van der Waals surface area contributed by atoms with E-state index in [0.717, 1.165) is 0 Å². The molecular weight excluding hydrogens is 228 g/mol. The molecule has 0 fully saturated rings. The van der Waals surface area contributed by atoms with E-state index in [1.54, 1.807) is 19.1 Å². The first-order chi connectivity index (χ1) is 7.52. The fraction of sp³-hybridized carbons (Fsp3) is 0.333. The predicted octanol–water partition coefficient (Wildman–Crippen LogP) is 2.90. The van der Waals surface area contributed by atoms with Gasteiger partial charge in [-0.05, 0) is 32.0 Å². The molecule has 4 heteroatoms. The molecule has 0 amide bonds. The minimum Gasteiger partial charge on any atom is -0.489 e. The van der Waals surface area contributed by atoms with Crippen molar-refractivity contribution in [1.29, 1.82) is 0 Å². The Balaban J connectivity index is 2.74. The number of halogens is 1. The third-order valence-corrected chi connectivity index (χ3v) is 2.29. The highest BCUT2D eigenvalue weighted by Crippen LogP contribution is 2.26. The molecule has 1 aromatic carbocycles. The highest BCUT2D eigenvalue weighted by Gasteiger charge is 2.09. The standard InChI is InChI=1S/C12H13ClO3/c1-8(15)5-9(2)16-12-4-3-10(7-14)6-11(12)13/h3-4,6-7,9H,5H2,1-2H3. The van der Waals surface area contributed by atoms with Crippen molar-refractivity contribution >= 4 is 23.7 Å². The molecule has 0 heterocycles. The number of aldehydes is 1. The molecule has 1 aromatic rings. The van der Waals surface area contributed by atoms with Crippen molar-refractivity contribution in [3.05, 3.63) is 28.8 Å². The summed E-state index contributed by atoms with van der Waals surface area (Å²) < 4.78 is 5.49. The van der Waals surface area contributed by atoms with Crippen LogP contribution in [-0.2, 0) is 4.79 Å². The van der Waals surface area contributed by atoms with Crippen LogP contribution in [0.15, 0.2) is 18.2 Å². The molecule has 0 aliphatic rings. The van der Waals surface area contributed by atoms with E-state index in [9.17, 15) is 9.59 Å². The first-order valence-corrected chi connectivity index (χ1v) is 5.31. The van der Waals surface area contributed by atoms with Crippen LogP contribution in [0.5, 0.6) is 5.75 Å². The summed E-state index contributed by atoms with van der Waals surface area (Å²) in [7, 11) is 0. The first kappa shape index (κ1) is 12.7. The highest BCUT2D eigenvalue weighted by molar-refractivity contribution is 6.32. The molecule has 16 heavy (non-hydrogen) atoms. The number of carbonyl (C=O) groups excluding carboxylic acids is 2. The molecule has 0 saturated heterocycles. The Morgan fingerprint density at radius 1 is 1.56 bits per heavy atom. The smallest absolute Gasteiger partial charge is 0.150 e. The van der Waals surface area contributed by atoms with Gasteiger partial charge in [0, 0.05) is 12.0 Å². The van der Waals surface area contributed by atoms with Crippen LogP contribution in [0.4, 0.5) is 0 Å². The van der Waals surface area contributed by atoms with Gasteiger partial charge in [0.15, 0.2) is 0 Å². The van der Waals surface area contributed by atoms with Gasteiger partial charge in [0.05, 0.1) is 5.02 Å². The molecule has 0 aliphatic carbocycles. The van der Waals surface area contributed by atoms with Gasteiger partial charge >= 0.3 is 0 Å². The van der Waals surface area contributed by atoms with Gasteiger partial charge in [-0.25, -0.2) is 0 Å². The van der Waals surface area contributed by atoms with Crippen LogP contribution >= 0.6 is 11.6 Å². The van der Waals surface area contributed by atoms with Gasteiger partial charge in [0.1, 0.15) is 23.9 Å². The molecule has 0 saturated carbocycles. The van der Waals surface area contributed by atoms with E-state index in [1.807, 2.05) is 0 Å². The van der Waals surface area contributed by atoms with Crippen LogP contribution in [0, 0.1) is 0 Å². The number of hydrogen-bond acceptors (Lipinski definition) is 3. The number of ether oxygens (including phenoxy) is 1. The van der Waals surface area contributed by atoms with Gasteiger partial charge < -0.3 is 4.74 Å². The quantitative estimate of drug-likeness (QED) is 0.744. The van der Waals surface area contributed by atoms with Gasteiger partial charge in [-0.15, -0.1) is 0 Å². The van der Waals surface area contributed by atoms with E-state index >= 15 is 0 Å². The average molecular weight is 241 g/mol. The van der Waals surface area contributed by atoms with E-state index in [0.29, 0.717) is 29.0 Å². The molecule has 0 bridgehead atoms. The Morgan fingerprint density at radius 2 is 2.25 bits per heavy atom. The van der Waals surface area contributed by atoms with E-state index in [-0.39, 0.29) is 11.9 Å². The average Bonchev–Trinajstić information content (AvgIpc) is 2.19. The van der Waals surface area contributed by atoms with Crippen molar-refractivity contribution < 1.29 is 14.3 Å². The molecule has 0 radical (unpaired) electrons. The summed E-state index contributed by atoms with van der Waals surface area (Å²) in [4.78, 5) is 21.4. The number of hydrogen-bond donors (Lipinski definition) is 0. The van der Waals surface area contributed by atoms with Gasteiger partial charge in [-0.3, -0.25) is 9.59 Å². The maximum atomic E-state index is 10.9. The predicted molar refractivity (Wildman–Crippen MR) is 62.2 cm³/mol. The third kappa shape index (κ3) is 3.66. The normalized spacial score (nSPS) is 11.9. The summed E-state index contributed by atoms with van der Waals surface area (Å²) in [6, 6.07) is 4.78. The summed E-state index contributed by atoms with van der Waals surface area (Å²) in [5, 5.41) is 0.375. The molecule has 0 spiro atoms. The number of Topliss-reactive ketones (excluding diaryl/α,β-unsaturated/α-hetero) is 1. The second-order valence-electron chi connectivity index (χ2n) is 3.64. The number of carbonyl (C=O) groups is 2. The highest BCUT2D eigenvalue weighted by atomic mass is 35.5. The molecule has 3 nitrogen and oxygen atoms in total. The fourth-order valence-electron chi connectivity index (χ4n) is 1.35. The Bertz CT molecular complexity index is 401. The van der Waals surface area contributed by atoms with Crippen molar-refractivity contribution in [2.24, 2.45) is 0 Å². The molecule has 1 rings (SSSR count). The van der Waals surface area contributed by atoms with E-state index in [1.165, 1.54) is 13.0 Å². The minimum atomic E-state index is -0.225. The van der Waals surface area contributed by atoms with Crippen molar-refractivity contribution in [1.82, 2.24) is 0 Å².